The van der Waals surface area contributed by atoms with Gasteiger partial charge in [0.25, 0.3) is 0 Å². The van der Waals surface area contributed by atoms with Gasteiger partial charge in [-0.2, -0.15) is 0 Å². The summed E-state index contributed by atoms with van der Waals surface area (Å²) in [5, 5.41) is 2.34. The summed E-state index contributed by atoms with van der Waals surface area (Å²) in [5.74, 6) is -0.140. The van der Waals surface area contributed by atoms with Gasteiger partial charge in [0.15, 0.2) is 0 Å². The zero-order valence-electron chi connectivity index (χ0n) is 12.0. The molecule has 3 fully saturated rings. The number of morpholine rings is 1. The standard InChI is InChI=1S/C14H21N3O4/c18-12-9-11(13(19)15-12)16-3-1-10(2-4-16)14(20)17-5-7-21-8-6-17/h10-11H,1-9H2,(H,15,18,19)/t11-/m1/s1. The number of likely N-dealkylation sites (tertiary alicyclic amines) is 1. The molecule has 1 atom stereocenters. The maximum atomic E-state index is 12.4. The molecule has 7 heteroatoms. The number of carbonyl (C=O) groups excluding carboxylic acids is 3. The predicted molar refractivity (Wildman–Crippen MR) is 73.3 cm³/mol. The summed E-state index contributed by atoms with van der Waals surface area (Å²) in [4.78, 5) is 39.3. The van der Waals surface area contributed by atoms with Crippen molar-refractivity contribution >= 4 is 17.7 Å². The van der Waals surface area contributed by atoms with Crippen molar-refractivity contribution in [3.63, 3.8) is 0 Å². The molecule has 116 valence electrons. The lowest BCUT2D eigenvalue weighted by Gasteiger charge is -2.36. The zero-order chi connectivity index (χ0) is 14.8. The van der Waals surface area contributed by atoms with Gasteiger partial charge in [0, 0.05) is 19.0 Å². The van der Waals surface area contributed by atoms with E-state index in [1.54, 1.807) is 0 Å². The molecule has 0 aromatic rings. The molecule has 3 aliphatic heterocycles. The molecule has 21 heavy (non-hydrogen) atoms. The van der Waals surface area contributed by atoms with Crippen molar-refractivity contribution in [2.45, 2.75) is 25.3 Å². The van der Waals surface area contributed by atoms with E-state index in [0.717, 1.165) is 12.8 Å². The fourth-order valence-electron chi connectivity index (χ4n) is 3.33. The number of imide groups is 1. The van der Waals surface area contributed by atoms with Gasteiger partial charge < -0.3 is 9.64 Å². The summed E-state index contributed by atoms with van der Waals surface area (Å²) < 4.78 is 5.27. The van der Waals surface area contributed by atoms with E-state index >= 15 is 0 Å². The van der Waals surface area contributed by atoms with Gasteiger partial charge in [-0.15, -0.1) is 0 Å². The summed E-state index contributed by atoms with van der Waals surface area (Å²) in [5.41, 5.74) is 0. The summed E-state index contributed by atoms with van der Waals surface area (Å²) >= 11 is 0. The number of carbonyl (C=O) groups is 3. The fourth-order valence-corrected chi connectivity index (χ4v) is 3.33. The Morgan fingerprint density at radius 1 is 1.10 bits per heavy atom. The number of nitrogens with zero attached hydrogens (tertiary/aromatic N) is 2. The third-order valence-corrected chi connectivity index (χ3v) is 4.59. The molecule has 0 aromatic heterocycles. The lowest BCUT2D eigenvalue weighted by molar-refractivity contribution is -0.141. The second kappa shape index (κ2) is 6.11. The van der Waals surface area contributed by atoms with Crippen molar-refractivity contribution in [1.29, 1.82) is 0 Å². The van der Waals surface area contributed by atoms with E-state index < -0.39 is 0 Å². The quantitative estimate of drug-likeness (QED) is 0.659. The van der Waals surface area contributed by atoms with Crippen LogP contribution in [-0.2, 0) is 19.1 Å². The molecule has 0 aliphatic carbocycles. The lowest BCUT2D eigenvalue weighted by atomic mass is 9.94. The first-order valence-electron chi connectivity index (χ1n) is 7.59. The molecule has 3 heterocycles. The van der Waals surface area contributed by atoms with Crippen LogP contribution in [0.25, 0.3) is 0 Å². The number of ether oxygens (including phenoxy) is 1. The molecule has 0 bridgehead atoms. The van der Waals surface area contributed by atoms with Crippen molar-refractivity contribution < 1.29 is 19.1 Å². The van der Waals surface area contributed by atoms with E-state index in [2.05, 4.69) is 5.32 Å². The van der Waals surface area contributed by atoms with Crippen LogP contribution in [0.4, 0.5) is 0 Å². The van der Waals surface area contributed by atoms with Gasteiger partial charge in [-0.25, -0.2) is 0 Å². The Morgan fingerprint density at radius 3 is 2.33 bits per heavy atom. The van der Waals surface area contributed by atoms with Crippen molar-refractivity contribution in [3.8, 4) is 0 Å². The molecule has 3 amide bonds. The topological polar surface area (TPSA) is 79.0 Å². The molecule has 0 unspecified atom stereocenters. The van der Waals surface area contributed by atoms with Gasteiger partial charge in [0.2, 0.25) is 17.7 Å². The van der Waals surface area contributed by atoms with E-state index in [-0.39, 0.29) is 36.1 Å². The van der Waals surface area contributed by atoms with Crippen LogP contribution in [0.1, 0.15) is 19.3 Å². The smallest absolute Gasteiger partial charge is 0.244 e. The SMILES string of the molecule is O=C1C[C@@H](N2CCC(C(=O)N3CCOCC3)CC2)C(=O)N1. The van der Waals surface area contributed by atoms with E-state index in [1.807, 2.05) is 9.80 Å². The third-order valence-electron chi connectivity index (χ3n) is 4.59. The number of rotatable bonds is 2. The Hall–Kier alpha value is -1.47. The van der Waals surface area contributed by atoms with Crippen LogP contribution in [-0.4, -0.2) is 73.0 Å². The van der Waals surface area contributed by atoms with Crippen molar-refractivity contribution in [1.82, 2.24) is 15.1 Å². The molecule has 3 saturated heterocycles. The zero-order valence-corrected chi connectivity index (χ0v) is 12.0. The highest BCUT2D eigenvalue weighted by molar-refractivity contribution is 6.05. The van der Waals surface area contributed by atoms with Crippen LogP contribution in [0.5, 0.6) is 0 Å². The molecule has 0 saturated carbocycles. The Balaban J connectivity index is 1.51. The Kier molecular flexibility index (Phi) is 4.21. The minimum absolute atomic E-state index is 0.0412. The molecule has 7 nitrogen and oxygen atoms in total. The normalized spacial score (nSPS) is 28.8. The minimum atomic E-state index is -0.336. The van der Waals surface area contributed by atoms with Gasteiger partial charge >= 0.3 is 0 Å². The van der Waals surface area contributed by atoms with E-state index in [1.165, 1.54) is 0 Å². The Bertz CT molecular complexity index is 440. The summed E-state index contributed by atoms with van der Waals surface area (Å²) in [7, 11) is 0. The number of nitrogens with one attached hydrogen (secondary N) is 1. The molecule has 0 aromatic carbocycles. The van der Waals surface area contributed by atoms with Gasteiger partial charge in [-0.1, -0.05) is 0 Å². The summed E-state index contributed by atoms with van der Waals surface area (Å²) in [6.45, 7) is 4.00. The first-order valence-corrected chi connectivity index (χ1v) is 7.59. The van der Waals surface area contributed by atoms with Gasteiger partial charge in [0.1, 0.15) is 0 Å². The highest BCUT2D eigenvalue weighted by Gasteiger charge is 2.38. The third kappa shape index (κ3) is 3.08. The first kappa shape index (κ1) is 14.5. The van der Waals surface area contributed by atoms with Crippen molar-refractivity contribution in [3.05, 3.63) is 0 Å². The second-order valence-corrected chi connectivity index (χ2v) is 5.88. The maximum Gasteiger partial charge on any atom is 0.244 e. The molecular weight excluding hydrogens is 274 g/mol. The predicted octanol–water partition coefficient (Wildman–Crippen LogP) is -1.03. The van der Waals surface area contributed by atoms with Crippen molar-refractivity contribution in [2.75, 3.05) is 39.4 Å². The van der Waals surface area contributed by atoms with Gasteiger partial charge in [-0.3, -0.25) is 24.6 Å². The second-order valence-electron chi connectivity index (χ2n) is 5.88. The van der Waals surface area contributed by atoms with Gasteiger partial charge in [0.05, 0.1) is 25.7 Å². The first-order chi connectivity index (χ1) is 10.1. The van der Waals surface area contributed by atoms with E-state index in [4.69, 9.17) is 4.74 Å². The van der Waals surface area contributed by atoms with Crippen LogP contribution in [0.2, 0.25) is 0 Å². The average molecular weight is 295 g/mol. The molecule has 0 spiro atoms. The fraction of sp³-hybridized carbons (Fsp3) is 0.786. The molecule has 3 aliphatic rings. The maximum absolute atomic E-state index is 12.4. The number of amides is 3. The molecule has 0 radical (unpaired) electrons. The van der Waals surface area contributed by atoms with Crippen molar-refractivity contribution in [2.24, 2.45) is 5.92 Å². The number of piperidine rings is 1. The Morgan fingerprint density at radius 2 is 1.76 bits per heavy atom. The highest BCUT2D eigenvalue weighted by atomic mass is 16.5. The van der Waals surface area contributed by atoms with E-state index in [0.29, 0.717) is 39.4 Å². The monoisotopic (exact) mass is 295 g/mol. The van der Waals surface area contributed by atoms with E-state index in [9.17, 15) is 14.4 Å². The number of hydrogen-bond donors (Lipinski definition) is 1. The van der Waals surface area contributed by atoms with Crippen LogP contribution in [0, 0.1) is 5.92 Å². The highest BCUT2D eigenvalue weighted by Crippen LogP contribution is 2.23. The van der Waals surface area contributed by atoms with Crippen LogP contribution < -0.4 is 5.32 Å². The number of hydrogen-bond acceptors (Lipinski definition) is 5. The minimum Gasteiger partial charge on any atom is -0.378 e. The Labute approximate surface area is 123 Å². The summed E-state index contributed by atoms with van der Waals surface area (Å²) in [6, 6.07) is -0.336. The molecular formula is C14H21N3O4. The largest absolute Gasteiger partial charge is 0.378 e. The van der Waals surface area contributed by atoms with Crippen LogP contribution in [0.3, 0.4) is 0 Å². The van der Waals surface area contributed by atoms with Gasteiger partial charge in [-0.05, 0) is 25.9 Å². The van der Waals surface area contributed by atoms with Crippen LogP contribution in [0.15, 0.2) is 0 Å². The average Bonchev–Trinajstić information content (AvgIpc) is 2.86. The molecule has 3 rings (SSSR count). The molecule has 1 N–H and O–H groups in total. The summed E-state index contributed by atoms with van der Waals surface area (Å²) in [6.07, 6.45) is 1.77. The lowest BCUT2D eigenvalue weighted by Crippen LogP contribution is -2.49. The van der Waals surface area contributed by atoms with Crippen LogP contribution >= 0.6 is 0 Å².